The number of hydrogen-bond acceptors (Lipinski definition) is 1. The normalized spacial score (nSPS) is 43.0. The predicted octanol–water partition coefficient (Wildman–Crippen LogP) is 3.10. The molecule has 0 bridgehead atoms. The number of piperidine rings is 1. The average Bonchev–Trinajstić information content (AvgIpc) is 2.05. The summed E-state index contributed by atoms with van der Waals surface area (Å²) in [4.78, 5) is 0. The van der Waals surface area contributed by atoms with Gasteiger partial charge >= 0.3 is 0 Å². The van der Waals surface area contributed by atoms with Crippen molar-refractivity contribution in [2.24, 2.45) is 0 Å². The highest BCUT2D eigenvalue weighted by Gasteiger charge is 2.35. The van der Waals surface area contributed by atoms with Crippen LogP contribution in [0.25, 0.3) is 0 Å². The molecule has 1 aliphatic rings. The standard InChI is InChI=1S/C11H23N/c1-5-10(3)8-7-9-11(4,6-2)12-10/h12H,5-9H2,1-4H3. The van der Waals surface area contributed by atoms with Gasteiger partial charge in [-0.3, -0.25) is 0 Å². The average molecular weight is 169 g/mol. The summed E-state index contributed by atoms with van der Waals surface area (Å²) >= 11 is 0. The van der Waals surface area contributed by atoms with Crippen LogP contribution in [0, 0.1) is 0 Å². The monoisotopic (exact) mass is 169 g/mol. The first-order chi connectivity index (χ1) is 5.54. The fourth-order valence-corrected chi connectivity index (χ4v) is 2.25. The van der Waals surface area contributed by atoms with Gasteiger partial charge in [0.1, 0.15) is 0 Å². The maximum Gasteiger partial charge on any atom is 0.0155 e. The molecule has 1 fully saturated rings. The minimum atomic E-state index is 0.406. The van der Waals surface area contributed by atoms with Crippen LogP contribution in [0.2, 0.25) is 0 Å². The molecule has 1 aliphatic heterocycles. The van der Waals surface area contributed by atoms with Crippen LogP contribution in [-0.4, -0.2) is 11.1 Å². The quantitative estimate of drug-likeness (QED) is 0.670. The lowest BCUT2D eigenvalue weighted by Gasteiger charge is -2.46. The third-order valence-corrected chi connectivity index (χ3v) is 3.62. The second kappa shape index (κ2) is 3.37. The molecule has 12 heavy (non-hydrogen) atoms. The maximum atomic E-state index is 3.81. The lowest BCUT2D eigenvalue weighted by molar-refractivity contribution is 0.145. The zero-order valence-electron chi connectivity index (χ0n) is 9.04. The number of nitrogens with one attached hydrogen (secondary N) is 1. The second-order valence-electron chi connectivity index (χ2n) is 4.81. The topological polar surface area (TPSA) is 12.0 Å². The van der Waals surface area contributed by atoms with E-state index in [1.165, 1.54) is 32.1 Å². The maximum absolute atomic E-state index is 3.81. The molecule has 1 N–H and O–H groups in total. The van der Waals surface area contributed by atoms with Gasteiger partial charge in [-0.2, -0.15) is 0 Å². The van der Waals surface area contributed by atoms with Crippen LogP contribution in [-0.2, 0) is 0 Å². The summed E-state index contributed by atoms with van der Waals surface area (Å²) < 4.78 is 0. The first-order valence-corrected chi connectivity index (χ1v) is 5.33. The van der Waals surface area contributed by atoms with Crippen LogP contribution in [0.3, 0.4) is 0 Å². The summed E-state index contributed by atoms with van der Waals surface area (Å²) in [5.74, 6) is 0. The van der Waals surface area contributed by atoms with Gasteiger partial charge in [0, 0.05) is 11.1 Å². The van der Waals surface area contributed by atoms with Crippen LogP contribution in [0.5, 0.6) is 0 Å². The van der Waals surface area contributed by atoms with Gasteiger partial charge in [0.2, 0.25) is 0 Å². The molecule has 1 saturated heterocycles. The fourth-order valence-electron chi connectivity index (χ4n) is 2.25. The summed E-state index contributed by atoms with van der Waals surface area (Å²) in [6, 6.07) is 0. The Morgan fingerprint density at radius 2 is 1.42 bits per heavy atom. The largest absolute Gasteiger partial charge is 0.306 e. The molecule has 0 aromatic heterocycles. The van der Waals surface area contributed by atoms with Crippen molar-refractivity contribution in [3.8, 4) is 0 Å². The van der Waals surface area contributed by atoms with Gasteiger partial charge in [-0.1, -0.05) is 13.8 Å². The van der Waals surface area contributed by atoms with Crippen LogP contribution < -0.4 is 5.32 Å². The van der Waals surface area contributed by atoms with E-state index in [1.807, 2.05) is 0 Å². The second-order valence-corrected chi connectivity index (χ2v) is 4.81. The zero-order valence-corrected chi connectivity index (χ0v) is 9.04. The Kier molecular flexibility index (Phi) is 2.82. The molecule has 0 spiro atoms. The Balaban J connectivity index is 2.62. The highest BCUT2D eigenvalue weighted by Crippen LogP contribution is 2.32. The molecule has 1 nitrogen and oxygen atoms in total. The molecule has 0 amide bonds. The van der Waals surface area contributed by atoms with Gasteiger partial charge in [0.15, 0.2) is 0 Å². The molecule has 0 aliphatic carbocycles. The molecule has 1 heteroatoms. The van der Waals surface area contributed by atoms with Crippen molar-refractivity contribution in [1.82, 2.24) is 5.32 Å². The van der Waals surface area contributed by atoms with E-state index in [0.717, 1.165) is 0 Å². The molecule has 1 rings (SSSR count). The van der Waals surface area contributed by atoms with E-state index >= 15 is 0 Å². The van der Waals surface area contributed by atoms with E-state index in [4.69, 9.17) is 0 Å². The van der Waals surface area contributed by atoms with Crippen molar-refractivity contribution in [3.05, 3.63) is 0 Å². The van der Waals surface area contributed by atoms with Crippen molar-refractivity contribution in [3.63, 3.8) is 0 Å². The van der Waals surface area contributed by atoms with Gasteiger partial charge in [-0.25, -0.2) is 0 Å². The summed E-state index contributed by atoms with van der Waals surface area (Å²) in [7, 11) is 0. The lowest BCUT2D eigenvalue weighted by atomic mass is 9.78. The van der Waals surface area contributed by atoms with Crippen LogP contribution >= 0.6 is 0 Å². The predicted molar refractivity (Wildman–Crippen MR) is 54.4 cm³/mol. The first-order valence-electron chi connectivity index (χ1n) is 5.33. The highest BCUT2D eigenvalue weighted by atomic mass is 15.1. The van der Waals surface area contributed by atoms with Crippen LogP contribution in [0.1, 0.15) is 59.8 Å². The fraction of sp³-hybridized carbons (Fsp3) is 1.00. The van der Waals surface area contributed by atoms with Gasteiger partial charge in [-0.15, -0.1) is 0 Å². The summed E-state index contributed by atoms with van der Waals surface area (Å²) in [6.45, 7) is 9.29. The third-order valence-electron chi connectivity index (χ3n) is 3.62. The Hall–Kier alpha value is -0.0400. The van der Waals surface area contributed by atoms with Crippen molar-refractivity contribution < 1.29 is 0 Å². The van der Waals surface area contributed by atoms with E-state index in [2.05, 4.69) is 33.0 Å². The minimum absolute atomic E-state index is 0.406. The molecule has 2 unspecified atom stereocenters. The number of rotatable bonds is 2. The zero-order chi connectivity index (χ0) is 9.24. The lowest BCUT2D eigenvalue weighted by Crippen LogP contribution is -2.57. The van der Waals surface area contributed by atoms with Gasteiger partial charge in [0.05, 0.1) is 0 Å². The first kappa shape index (κ1) is 10.0. The molecule has 0 saturated carbocycles. The van der Waals surface area contributed by atoms with Gasteiger partial charge < -0.3 is 5.32 Å². The summed E-state index contributed by atoms with van der Waals surface area (Å²) in [5, 5.41) is 3.81. The Bertz CT molecular complexity index is 139. The van der Waals surface area contributed by atoms with Crippen molar-refractivity contribution in [2.45, 2.75) is 70.9 Å². The molecule has 2 atom stereocenters. The molecule has 0 radical (unpaired) electrons. The molecule has 0 aromatic rings. The van der Waals surface area contributed by atoms with Gasteiger partial charge in [0.25, 0.3) is 0 Å². The summed E-state index contributed by atoms with van der Waals surface area (Å²) in [5.41, 5.74) is 0.812. The molecule has 72 valence electrons. The van der Waals surface area contributed by atoms with Crippen molar-refractivity contribution in [2.75, 3.05) is 0 Å². The Morgan fingerprint density at radius 3 is 1.75 bits per heavy atom. The van der Waals surface area contributed by atoms with Crippen molar-refractivity contribution in [1.29, 1.82) is 0 Å². The van der Waals surface area contributed by atoms with E-state index in [1.54, 1.807) is 0 Å². The van der Waals surface area contributed by atoms with E-state index in [0.29, 0.717) is 11.1 Å². The van der Waals surface area contributed by atoms with Crippen LogP contribution in [0.15, 0.2) is 0 Å². The van der Waals surface area contributed by atoms with E-state index in [9.17, 15) is 0 Å². The molecular weight excluding hydrogens is 146 g/mol. The van der Waals surface area contributed by atoms with Crippen molar-refractivity contribution >= 4 is 0 Å². The van der Waals surface area contributed by atoms with E-state index < -0.39 is 0 Å². The Morgan fingerprint density at radius 1 is 1.00 bits per heavy atom. The molecule has 0 aromatic carbocycles. The summed E-state index contributed by atoms with van der Waals surface area (Å²) in [6.07, 6.45) is 6.59. The Labute approximate surface area is 76.9 Å². The third kappa shape index (κ3) is 2.01. The van der Waals surface area contributed by atoms with Crippen LogP contribution in [0.4, 0.5) is 0 Å². The van der Waals surface area contributed by atoms with E-state index in [-0.39, 0.29) is 0 Å². The highest BCUT2D eigenvalue weighted by molar-refractivity contribution is 4.96. The SMILES string of the molecule is CCC1(C)CCCC(C)(CC)N1. The smallest absolute Gasteiger partial charge is 0.0155 e. The number of hydrogen-bond donors (Lipinski definition) is 1. The molecule has 1 heterocycles. The minimum Gasteiger partial charge on any atom is -0.306 e. The van der Waals surface area contributed by atoms with Gasteiger partial charge in [-0.05, 0) is 46.0 Å². The molecular formula is C11H23N.